The van der Waals surface area contributed by atoms with Gasteiger partial charge >= 0.3 is 6.09 Å². The number of nitrogens with zero attached hydrogens (tertiary/aromatic N) is 1. The topological polar surface area (TPSA) is 50.7 Å². The van der Waals surface area contributed by atoms with Gasteiger partial charge in [-0.2, -0.15) is 0 Å². The van der Waals surface area contributed by atoms with E-state index in [-0.39, 0.29) is 6.54 Å². The SMILES string of the molecule is C=C/C=C(/CNC(=O)OC(C)(C)C)N=C. The fourth-order valence-corrected chi connectivity index (χ4v) is 0.780. The largest absolute Gasteiger partial charge is 0.444 e. The van der Waals surface area contributed by atoms with Crippen LogP contribution < -0.4 is 5.32 Å². The number of aliphatic imine (C=N–C) groups is 1. The van der Waals surface area contributed by atoms with Crippen molar-refractivity contribution in [2.45, 2.75) is 26.4 Å². The van der Waals surface area contributed by atoms with E-state index in [4.69, 9.17) is 4.74 Å². The minimum atomic E-state index is -0.492. The lowest BCUT2D eigenvalue weighted by Crippen LogP contribution is -2.33. The molecule has 0 radical (unpaired) electrons. The van der Waals surface area contributed by atoms with E-state index in [1.165, 1.54) is 0 Å². The van der Waals surface area contributed by atoms with Gasteiger partial charge in [0.2, 0.25) is 0 Å². The number of rotatable bonds is 4. The first kappa shape index (κ1) is 13.4. The first-order valence-corrected chi connectivity index (χ1v) is 4.64. The van der Waals surface area contributed by atoms with Crippen molar-refractivity contribution in [1.82, 2.24) is 5.32 Å². The minimum Gasteiger partial charge on any atom is -0.444 e. The molecule has 0 spiro atoms. The van der Waals surface area contributed by atoms with Gasteiger partial charge in [0.25, 0.3) is 0 Å². The number of nitrogens with one attached hydrogen (secondary N) is 1. The van der Waals surface area contributed by atoms with Crippen LogP contribution in [0.5, 0.6) is 0 Å². The molecule has 0 saturated heterocycles. The van der Waals surface area contributed by atoms with Crippen molar-refractivity contribution in [3.63, 3.8) is 0 Å². The standard InChI is InChI=1S/C11H18N2O2/c1-6-7-9(12-5)8-13-10(14)15-11(2,3)4/h6-7H,1,5,8H2,2-4H3,(H,13,14)/b9-7-. The molecule has 0 bridgehead atoms. The number of ether oxygens (including phenoxy) is 1. The van der Waals surface area contributed by atoms with Gasteiger partial charge in [-0.15, -0.1) is 0 Å². The molecule has 1 N–H and O–H groups in total. The number of allylic oxidation sites excluding steroid dienone is 2. The quantitative estimate of drug-likeness (QED) is 0.571. The molecule has 0 fully saturated rings. The molecule has 0 atom stereocenters. The Morgan fingerprint density at radius 1 is 1.53 bits per heavy atom. The first-order chi connectivity index (χ1) is 6.89. The average Bonchev–Trinajstić information content (AvgIpc) is 2.09. The zero-order valence-corrected chi connectivity index (χ0v) is 9.54. The molecule has 84 valence electrons. The molecule has 0 aromatic heterocycles. The fraction of sp³-hybridized carbons (Fsp3) is 0.455. The van der Waals surface area contributed by atoms with Gasteiger partial charge in [0.05, 0.1) is 12.2 Å². The zero-order valence-electron chi connectivity index (χ0n) is 9.54. The lowest BCUT2D eigenvalue weighted by molar-refractivity contribution is 0.0532. The molecule has 0 aliphatic rings. The summed E-state index contributed by atoms with van der Waals surface area (Å²) in [6.07, 6.45) is 2.78. The Kier molecular flexibility index (Phi) is 5.37. The average molecular weight is 210 g/mol. The van der Waals surface area contributed by atoms with Crippen LogP contribution in [0.25, 0.3) is 0 Å². The van der Waals surface area contributed by atoms with Gasteiger partial charge < -0.3 is 10.1 Å². The Bertz CT molecular complexity index is 275. The first-order valence-electron chi connectivity index (χ1n) is 4.64. The molecule has 0 rings (SSSR count). The third kappa shape index (κ3) is 7.49. The number of hydrogen-bond donors (Lipinski definition) is 1. The Morgan fingerprint density at radius 2 is 2.13 bits per heavy atom. The van der Waals surface area contributed by atoms with Gasteiger partial charge in [0, 0.05) is 0 Å². The van der Waals surface area contributed by atoms with E-state index in [1.807, 2.05) is 0 Å². The number of carbonyl (C=O) groups excluding carboxylic acids is 1. The molecule has 4 heteroatoms. The van der Waals surface area contributed by atoms with E-state index in [1.54, 1.807) is 32.9 Å². The van der Waals surface area contributed by atoms with E-state index in [0.29, 0.717) is 5.70 Å². The van der Waals surface area contributed by atoms with Crippen LogP contribution in [0.2, 0.25) is 0 Å². The summed E-state index contributed by atoms with van der Waals surface area (Å²) in [6, 6.07) is 0. The highest BCUT2D eigenvalue weighted by atomic mass is 16.6. The molecule has 0 aromatic rings. The van der Waals surface area contributed by atoms with Gasteiger partial charge in [0.1, 0.15) is 5.60 Å². The summed E-state index contributed by atoms with van der Waals surface area (Å²) in [5, 5.41) is 2.56. The van der Waals surface area contributed by atoms with Crippen molar-refractivity contribution < 1.29 is 9.53 Å². The van der Waals surface area contributed by atoms with Crippen LogP contribution in [-0.2, 0) is 4.74 Å². The second-order valence-electron chi connectivity index (χ2n) is 3.91. The second kappa shape index (κ2) is 6.01. The summed E-state index contributed by atoms with van der Waals surface area (Å²) in [5.41, 5.74) is 0.143. The van der Waals surface area contributed by atoms with Crippen molar-refractivity contribution in [1.29, 1.82) is 0 Å². The summed E-state index contributed by atoms with van der Waals surface area (Å²) in [4.78, 5) is 15.0. The summed E-state index contributed by atoms with van der Waals surface area (Å²) in [6.45, 7) is 12.6. The highest BCUT2D eigenvalue weighted by Gasteiger charge is 2.15. The molecule has 0 saturated carbocycles. The van der Waals surface area contributed by atoms with Crippen LogP contribution in [0.1, 0.15) is 20.8 Å². The molecule has 0 heterocycles. The van der Waals surface area contributed by atoms with E-state index in [0.717, 1.165) is 0 Å². The molecule has 0 aromatic carbocycles. The van der Waals surface area contributed by atoms with E-state index in [9.17, 15) is 4.79 Å². The van der Waals surface area contributed by atoms with Crippen molar-refractivity contribution >= 4 is 12.8 Å². The van der Waals surface area contributed by atoms with Crippen molar-refractivity contribution in [3.8, 4) is 0 Å². The summed E-state index contributed by atoms with van der Waals surface area (Å²) < 4.78 is 5.05. The van der Waals surface area contributed by atoms with Gasteiger partial charge in [-0.05, 0) is 33.6 Å². The number of alkyl carbamates (subject to hydrolysis) is 1. The van der Waals surface area contributed by atoms with Crippen molar-refractivity contribution in [2.75, 3.05) is 6.54 Å². The maximum atomic E-state index is 11.2. The maximum absolute atomic E-state index is 11.2. The molecular weight excluding hydrogens is 192 g/mol. The summed E-state index contributed by atoms with van der Waals surface area (Å²) in [5.74, 6) is 0. The van der Waals surface area contributed by atoms with Crippen LogP contribution in [-0.4, -0.2) is 25.0 Å². The van der Waals surface area contributed by atoms with Crippen LogP contribution in [0.4, 0.5) is 4.79 Å². The highest BCUT2D eigenvalue weighted by Crippen LogP contribution is 2.06. The lowest BCUT2D eigenvalue weighted by Gasteiger charge is -2.19. The van der Waals surface area contributed by atoms with Gasteiger partial charge in [-0.1, -0.05) is 12.7 Å². The second-order valence-corrected chi connectivity index (χ2v) is 3.91. The van der Waals surface area contributed by atoms with Gasteiger partial charge in [-0.3, -0.25) is 4.99 Å². The van der Waals surface area contributed by atoms with E-state index >= 15 is 0 Å². The molecule has 1 amide bonds. The summed E-state index contributed by atoms with van der Waals surface area (Å²) >= 11 is 0. The van der Waals surface area contributed by atoms with Crippen LogP contribution >= 0.6 is 0 Å². The Morgan fingerprint density at radius 3 is 2.53 bits per heavy atom. The maximum Gasteiger partial charge on any atom is 0.407 e. The molecule has 0 unspecified atom stereocenters. The summed E-state index contributed by atoms with van der Waals surface area (Å²) in [7, 11) is 0. The highest BCUT2D eigenvalue weighted by molar-refractivity contribution is 5.68. The van der Waals surface area contributed by atoms with Gasteiger partial charge in [0.15, 0.2) is 0 Å². The Hall–Kier alpha value is -1.58. The number of amides is 1. The third-order valence-corrected chi connectivity index (χ3v) is 1.33. The van der Waals surface area contributed by atoms with Crippen molar-refractivity contribution in [3.05, 3.63) is 24.4 Å². The number of hydrogen-bond acceptors (Lipinski definition) is 3. The monoisotopic (exact) mass is 210 g/mol. The molecule has 0 aliphatic carbocycles. The Labute approximate surface area is 90.7 Å². The van der Waals surface area contributed by atoms with Crippen molar-refractivity contribution in [2.24, 2.45) is 4.99 Å². The smallest absolute Gasteiger partial charge is 0.407 e. The van der Waals surface area contributed by atoms with E-state index < -0.39 is 11.7 Å². The Balaban J connectivity index is 4.05. The lowest BCUT2D eigenvalue weighted by atomic mass is 10.2. The third-order valence-electron chi connectivity index (χ3n) is 1.33. The minimum absolute atomic E-state index is 0.282. The van der Waals surface area contributed by atoms with Crippen LogP contribution in [0, 0.1) is 0 Å². The predicted octanol–water partition coefficient (Wildman–Crippen LogP) is 2.28. The van der Waals surface area contributed by atoms with Crippen LogP contribution in [0.15, 0.2) is 29.4 Å². The normalized spacial score (nSPS) is 11.8. The zero-order chi connectivity index (χ0) is 11.9. The molecule has 15 heavy (non-hydrogen) atoms. The molecule has 4 nitrogen and oxygen atoms in total. The molecular formula is C11H18N2O2. The number of carbonyl (C=O) groups is 1. The fourth-order valence-electron chi connectivity index (χ4n) is 0.780. The van der Waals surface area contributed by atoms with Crippen LogP contribution in [0.3, 0.4) is 0 Å². The van der Waals surface area contributed by atoms with Gasteiger partial charge in [-0.25, -0.2) is 4.79 Å². The molecule has 0 aliphatic heterocycles. The van der Waals surface area contributed by atoms with E-state index in [2.05, 4.69) is 23.6 Å². The predicted molar refractivity (Wildman–Crippen MR) is 62.1 cm³/mol.